The lowest BCUT2D eigenvalue weighted by Gasteiger charge is -2.22. The van der Waals surface area contributed by atoms with Crippen molar-refractivity contribution in [3.63, 3.8) is 0 Å². The molecule has 30 heavy (non-hydrogen) atoms. The summed E-state index contributed by atoms with van der Waals surface area (Å²) in [4.78, 5) is 12.1. The van der Waals surface area contributed by atoms with Crippen LogP contribution >= 0.6 is 35.0 Å². The molecule has 0 saturated heterocycles. The molecule has 0 atom stereocenters. The molecule has 0 heterocycles. The number of amides is 1. The zero-order valence-electron chi connectivity index (χ0n) is 17.0. The number of hydrogen-bond acceptors (Lipinski definition) is 4. The maximum atomic E-state index is 12.1. The molecule has 0 aliphatic heterocycles. The third-order valence-corrected chi connectivity index (χ3v) is 7.27. The summed E-state index contributed by atoms with van der Waals surface area (Å²) in [6.45, 7) is 2.77. The minimum Gasteiger partial charge on any atom is -0.355 e. The van der Waals surface area contributed by atoms with E-state index in [0.717, 1.165) is 22.6 Å². The number of aryl methyl sites for hydroxylation is 1. The van der Waals surface area contributed by atoms with Gasteiger partial charge >= 0.3 is 0 Å². The van der Waals surface area contributed by atoms with Crippen molar-refractivity contribution in [2.45, 2.75) is 25.5 Å². The van der Waals surface area contributed by atoms with Crippen LogP contribution in [0.4, 0.5) is 5.69 Å². The molecule has 0 spiro atoms. The SMILES string of the molecule is Cc1ccc(N(CCCC(=O)NCCSCc2ccc(Cl)c(Cl)c2)S(C)(=O)=O)cc1. The molecule has 0 bridgehead atoms. The minimum absolute atomic E-state index is 0.0810. The number of nitrogens with zero attached hydrogens (tertiary/aromatic N) is 1. The average molecular weight is 489 g/mol. The van der Waals surface area contributed by atoms with Crippen molar-refractivity contribution < 1.29 is 13.2 Å². The van der Waals surface area contributed by atoms with Crippen LogP contribution in [0.25, 0.3) is 0 Å². The summed E-state index contributed by atoms with van der Waals surface area (Å²) < 4.78 is 25.5. The number of halogens is 2. The molecule has 0 aliphatic rings. The molecule has 0 fully saturated rings. The van der Waals surface area contributed by atoms with Gasteiger partial charge in [-0.15, -0.1) is 0 Å². The highest BCUT2D eigenvalue weighted by Gasteiger charge is 2.17. The predicted molar refractivity (Wildman–Crippen MR) is 128 cm³/mol. The van der Waals surface area contributed by atoms with Gasteiger partial charge in [0.1, 0.15) is 0 Å². The number of nitrogens with one attached hydrogen (secondary N) is 1. The Kier molecular flexibility index (Phi) is 9.81. The molecule has 0 unspecified atom stereocenters. The largest absolute Gasteiger partial charge is 0.355 e. The van der Waals surface area contributed by atoms with Gasteiger partial charge in [-0.05, 0) is 43.2 Å². The van der Waals surface area contributed by atoms with E-state index < -0.39 is 10.0 Å². The summed E-state index contributed by atoms with van der Waals surface area (Å²) >= 11 is 13.6. The fourth-order valence-corrected chi connectivity index (χ4v) is 4.84. The Morgan fingerprint density at radius 2 is 1.80 bits per heavy atom. The molecule has 2 rings (SSSR count). The van der Waals surface area contributed by atoms with Crippen molar-refractivity contribution in [3.8, 4) is 0 Å². The normalized spacial score (nSPS) is 11.3. The van der Waals surface area contributed by atoms with E-state index in [2.05, 4.69) is 5.32 Å². The molecule has 9 heteroatoms. The van der Waals surface area contributed by atoms with Crippen molar-refractivity contribution in [3.05, 3.63) is 63.6 Å². The molecule has 0 aliphatic carbocycles. The van der Waals surface area contributed by atoms with Crippen LogP contribution in [0, 0.1) is 6.92 Å². The van der Waals surface area contributed by atoms with Crippen molar-refractivity contribution >= 4 is 56.6 Å². The first kappa shape index (κ1) is 24.9. The maximum Gasteiger partial charge on any atom is 0.232 e. The van der Waals surface area contributed by atoms with E-state index in [1.54, 1.807) is 30.0 Å². The first-order valence-electron chi connectivity index (χ1n) is 9.49. The van der Waals surface area contributed by atoms with Crippen LogP contribution in [0.15, 0.2) is 42.5 Å². The van der Waals surface area contributed by atoms with E-state index in [4.69, 9.17) is 23.2 Å². The zero-order valence-corrected chi connectivity index (χ0v) is 20.2. The highest BCUT2D eigenvalue weighted by Crippen LogP contribution is 2.24. The highest BCUT2D eigenvalue weighted by atomic mass is 35.5. The van der Waals surface area contributed by atoms with Crippen LogP contribution < -0.4 is 9.62 Å². The third kappa shape index (κ3) is 8.38. The maximum absolute atomic E-state index is 12.1. The van der Waals surface area contributed by atoms with E-state index in [-0.39, 0.29) is 18.9 Å². The summed E-state index contributed by atoms with van der Waals surface area (Å²) in [6.07, 6.45) is 1.90. The van der Waals surface area contributed by atoms with Crippen LogP contribution in [0.5, 0.6) is 0 Å². The quantitative estimate of drug-likeness (QED) is 0.456. The van der Waals surface area contributed by atoms with Crippen LogP contribution in [-0.2, 0) is 20.6 Å². The smallest absolute Gasteiger partial charge is 0.232 e. The topological polar surface area (TPSA) is 66.5 Å². The third-order valence-electron chi connectivity index (χ3n) is 4.31. The molecule has 5 nitrogen and oxygen atoms in total. The van der Waals surface area contributed by atoms with E-state index >= 15 is 0 Å². The van der Waals surface area contributed by atoms with Gasteiger partial charge in [0, 0.05) is 31.0 Å². The molecule has 2 aromatic carbocycles. The van der Waals surface area contributed by atoms with E-state index in [0.29, 0.717) is 28.7 Å². The lowest BCUT2D eigenvalue weighted by Crippen LogP contribution is -2.32. The van der Waals surface area contributed by atoms with Crippen molar-refractivity contribution in [2.75, 3.05) is 29.4 Å². The van der Waals surface area contributed by atoms with Gasteiger partial charge < -0.3 is 5.32 Å². The molecule has 1 N–H and O–H groups in total. The number of carbonyl (C=O) groups is 1. The highest BCUT2D eigenvalue weighted by molar-refractivity contribution is 7.98. The zero-order chi connectivity index (χ0) is 22.1. The van der Waals surface area contributed by atoms with Crippen molar-refractivity contribution in [1.29, 1.82) is 0 Å². The van der Waals surface area contributed by atoms with Gasteiger partial charge in [-0.3, -0.25) is 9.10 Å². The number of thioether (sulfide) groups is 1. The second kappa shape index (κ2) is 11.8. The molecule has 0 aromatic heterocycles. The lowest BCUT2D eigenvalue weighted by molar-refractivity contribution is -0.121. The van der Waals surface area contributed by atoms with Gasteiger partial charge in [0.15, 0.2) is 0 Å². The molecule has 164 valence electrons. The van der Waals surface area contributed by atoms with Crippen LogP contribution in [0.1, 0.15) is 24.0 Å². The molecule has 0 saturated carbocycles. The van der Waals surface area contributed by atoms with Gasteiger partial charge in [0.2, 0.25) is 15.9 Å². The van der Waals surface area contributed by atoms with E-state index in [1.165, 1.54) is 10.6 Å². The van der Waals surface area contributed by atoms with Crippen LogP contribution in [-0.4, -0.2) is 39.4 Å². The van der Waals surface area contributed by atoms with Gasteiger partial charge in [-0.2, -0.15) is 11.8 Å². The van der Waals surface area contributed by atoms with Crippen LogP contribution in [0.2, 0.25) is 10.0 Å². The molecule has 0 radical (unpaired) electrons. The Bertz CT molecular complexity index is 951. The lowest BCUT2D eigenvalue weighted by atomic mass is 10.2. The average Bonchev–Trinajstić information content (AvgIpc) is 2.68. The number of sulfonamides is 1. The fourth-order valence-electron chi connectivity index (χ4n) is 2.75. The van der Waals surface area contributed by atoms with Gasteiger partial charge in [0.25, 0.3) is 0 Å². The van der Waals surface area contributed by atoms with E-state index in [9.17, 15) is 13.2 Å². The summed E-state index contributed by atoms with van der Waals surface area (Å²) in [5.74, 6) is 1.47. The number of rotatable bonds is 11. The first-order valence-corrected chi connectivity index (χ1v) is 13.3. The number of carbonyl (C=O) groups excluding carboxylic acids is 1. The van der Waals surface area contributed by atoms with Gasteiger partial charge in [-0.25, -0.2) is 8.42 Å². The van der Waals surface area contributed by atoms with Crippen molar-refractivity contribution in [1.82, 2.24) is 5.32 Å². The second-order valence-electron chi connectivity index (χ2n) is 6.93. The number of benzene rings is 2. The standard InChI is InChI=1S/C21H26Cl2N2O3S2/c1-16-5-8-18(9-6-16)25(30(2,27)28)12-3-4-21(26)24-11-13-29-15-17-7-10-19(22)20(23)14-17/h5-10,14H,3-4,11-13,15H2,1-2H3,(H,24,26). The Balaban J connectivity index is 1.69. The van der Waals surface area contributed by atoms with Crippen molar-refractivity contribution in [2.24, 2.45) is 0 Å². The monoisotopic (exact) mass is 488 g/mol. The van der Waals surface area contributed by atoms with E-state index in [1.807, 2.05) is 31.2 Å². The summed E-state index contributed by atoms with van der Waals surface area (Å²) in [5, 5.41) is 3.95. The molecular weight excluding hydrogens is 463 g/mol. The number of anilines is 1. The minimum atomic E-state index is -3.40. The number of hydrogen-bond donors (Lipinski definition) is 1. The Labute approximate surface area is 193 Å². The Morgan fingerprint density at radius 1 is 1.10 bits per heavy atom. The summed E-state index contributed by atoms with van der Waals surface area (Å²) in [5.41, 5.74) is 2.75. The first-order chi connectivity index (χ1) is 14.2. The fraction of sp³-hybridized carbons (Fsp3) is 0.381. The molecular formula is C21H26Cl2N2O3S2. The van der Waals surface area contributed by atoms with Gasteiger partial charge in [-0.1, -0.05) is 47.0 Å². The molecule has 2 aromatic rings. The Morgan fingerprint density at radius 3 is 2.43 bits per heavy atom. The molecule has 1 amide bonds. The van der Waals surface area contributed by atoms with Crippen LogP contribution in [0.3, 0.4) is 0 Å². The Hall–Kier alpha value is -1.41. The van der Waals surface area contributed by atoms with Gasteiger partial charge in [0.05, 0.1) is 22.0 Å². The summed E-state index contributed by atoms with van der Waals surface area (Å²) in [6, 6.07) is 12.9. The second-order valence-corrected chi connectivity index (χ2v) is 10.8. The summed E-state index contributed by atoms with van der Waals surface area (Å²) in [7, 11) is -3.40. The predicted octanol–water partition coefficient (Wildman–Crippen LogP) is 4.90.